The van der Waals surface area contributed by atoms with Crippen molar-refractivity contribution in [2.75, 3.05) is 317 Å². The number of Topliss-reactive ketones (excluding diaryl/α,β-unsaturated/α-hetero) is 1. The molecule has 2 aliphatic rings. The molecule has 0 aromatic rings. The van der Waals surface area contributed by atoms with Crippen LogP contribution in [0, 0.1) is 0 Å². The Kier molecular flexibility index (Phi) is 80.5. The average molecular weight is 1260 g/mol. The highest BCUT2D eigenvalue weighted by atomic mass is 16.6. The molecule has 86 heavy (non-hydrogen) atoms. The van der Waals surface area contributed by atoms with Crippen molar-refractivity contribution in [1.82, 2.24) is 0 Å². The van der Waals surface area contributed by atoms with Gasteiger partial charge in [0.25, 0.3) is 0 Å². The number of ether oxygens (including phenoxy) is 24. The van der Waals surface area contributed by atoms with Crippen molar-refractivity contribution in [3.63, 3.8) is 0 Å². The first-order valence-electron chi connectivity index (χ1n) is 32.1. The van der Waals surface area contributed by atoms with Crippen molar-refractivity contribution in [3.05, 3.63) is 0 Å². The normalized spacial score (nSPS) is 12.7. The van der Waals surface area contributed by atoms with Crippen molar-refractivity contribution in [2.24, 2.45) is 0 Å². The van der Waals surface area contributed by atoms with Crippen LogP contribution >= 0.6 is 0 Å². The van der Waals surface area contributed by atoms with Crippen LogP contribution in [-0.2, 0) is 118 Å². The maximum absolute atomic E-state index is 10.8. The molecule has 0 heterocycles. The van der Waals surface area contributed by atoms with E-state index in [0.717, 1.165) is 19.4 Å². The van der Waals surface area contributed by atoms with Gasteiger partial charge in [-0.1, -0.05) is 58.3 Å². The van der Waals surface area contributed by atoms with E-state index in [0.29, 0.717) is 317 Å². The number of rotatable bonds is 75. The Balaban J connectivity index is 0.00000954. The molecule has 0 saturated heterocycles. The molecule has 2 fully saturated rings. The number of carbonyl (C=O) groups is 1. The van der Waals surface area contributed by atoms with Crippen LogP contribution in [0.2, 0.25) is 0 Å². The molecule has 2 rings (SSSR count). The predicted octanol–water partition coefficient (Wildman–Crippen LogP) is 4.89. The van der Waals surface area contributed by atoms with Crippen molar-refractivity contribution < 1.29 is 118 Å². The molecule has 2 aliphatic carbocycles. The summed E-state index contributed by atoms with van der Waals surface area (Å²) >= 11 is 0. The predicted molar refractivity (Wildman–Crippen MR) is 322 cm³/mol. The molecule has 0 bridgehead atoms. The minimum absolute atomic E-state index is 0.121. The first kappa shape index (κ1) is 84.7. The zero-order valence-corrected chi connectivity index (χ0v) is 53.7. The molecule has 0 aliphatic heterocycles. The lowest BCUT2D eigenvalue weighted by atomic mass is 10.0. The molecule has 25 heteroatoms. The van der Waals surface area contributed by atoms with E-state index in [4.69, 9.17) is 114 Å². The maximum atomic E-state index is 10.8. The summed E-state index contributed by atoms with van der Waals surface area (Å²) in [4.78, 5) is 10.8. The zero-order valence-electron chi connectivity index (χ0n) is 53.7. The standard InChI is InChI=1S/C54H108O25.C4H8.C3H6/c1-3-4-6-56-8-10-58-12-14-60-16-18-62-20-22-64-24-26-66-28-30-68-32-34-70-36-38-72-40-42-74-44-46-76-48-50-78-52-53-79-51-49-77-47-45-75-43-41-73-39-37-71-35-33-69-31-29-67-27-25-65-23-21-63-19-17-61-15-13-59-11-9-57-7-5-54(2)55;1-2-4-3-1;1-2-3-1/h3-53H2,1-2H3;1-4H2;1-3H2. The highest BCUT2D eigenvalue weighted by Gasteiger charge is 2.02. The van der Waals surface area contributed by atoms with Crippen LogP contribution in [0.25, 0.3) is 0 Å². The third kappa shape index (κ3) is 86.9. The monoisotopic (exact) mass is 1250 g/mol. The molecule has 516 valence electrons. The van der Waals surface area contributed by atoms with Crippen LogP contribution < -0.4 is 0 Å². The molecule has 0 aromatic heterocycles. The molecule has 0 atom stereocenters. The van der Waals surface area contributed by atoms with Gasteiger partial charge < -0.3 is 114 Å². The second-order valence-corrected chi connectivity index (χ2v) is 19.0. The molecule has 0 N–H and O–H groups in total. The second-order valence-electron chi connectivity index (χ2n) is 19.0. The maximum Gasteiger partial charge on any atom is 0.132 e. The van der Waals surface area contributed by atoms with Crippen LogP contribution in [0.3, 0.4) is 0 Å². The molecular formula is C61H122O25. The summed E-state index contributed by atoms with van der Waals surface area (Å²) in [5.41, 5.74) is 0. The van der Waals surface area contributed by atoms with Crippen molar-refractivity contribution >= 4 is 5.78 Å². The lowest BCUT2D eigenvalue weighted by Gasteiger charge is -2.09. The Hall–Kier alpha value is -1.29. The smallest absolute Gasteiger partial charge is 0.132 e. The van der Waals surface area contributed by atoms with Crippen molar-refractivity contribution in [2.45, 2.75) is 78.1 Å². The van der Waals surface area contributed by atoms with Crippen LogP contribution in [0.4, 0.5) is 0 Å². The molecule has 0 spiro atoms. The molecule has 25 nitrogen and oxygen atoms in total. The van der Waals surface area contributed by atoms with Crippen molar-refractivity contribution in [1.29, 1.82) is 0 Å². The minimum Gasteiger partial charge on any atom is -0.379 e. The summed E-state index contributed by atoms with van der Waals surface area (Å²) in [7, 11) is 0. The molecule has 2 saturated carbocycles. The summed E-state index contributed by atoms with van der Waals surface area (Å²) in [6.45, 7) is 27.9. The van der Waals surface area contributed by atoms with Crippen LogP contribution in [-0.4, -0.2) is 323 Å². The quantitative estimate of drug-likeness (QED) is 0.0737. The van der Waals surface area contributed by atoms with Crippen LogP contribution in [0.15, 0.2) is 0 Å². The van der Waals surface area contributed by atoms with Gasteiger partial charge in [0.1, 0.15) is 5.78 Å². The Bertz CT molecular complexity index is 1190. The highest BCUT2D eigenvalue weighted by Crippen LogP contribution is 2.15. The largest absolute Gasteiger partial charge is 0.379 e. The summed E-state index contributed by atoms with van der Waals surface area (Å²) < 4.78 is 132. The average Bonchev–Trinajstić information content (AvgIpc) is 4.39. The van der Waals surface area contributed by atoms with Gasteiger partial charge in [-0.05, 0) is 13.3 Å². The molecule has 0 amide bonds. The first-order valence-corrected chi connectivity index (χ1v) is 32.1. The minimum atomic E-state index is 0.121. The zero-order chi connectivity index (χ0) is 61.6. The van der Waals surface area contributed by atoms with Gasteiger partial charge in [-0.15, -0.1) is 0 Å². The number of carbonyl (C=O) groups excluding carboxylic acids is 1. The first-order chi connectivity index (χ1) is 42.8. The Labute approximate surface area is 518 Å². The second kappa shape index (κ2) is 81.7. The fourth-order valence-corrected chi connectivity index (χ4v) is 5.87. The van der Waals surface area contributed by atoms with E-state index in [-0.39, 0.29) is 5.78 Å². The van der Waals surface area contributed by atoms with Gasteiger partial charge in [0, 0.05) is 13.0 Å². The topological polar surface area (TPSA) is 239 Å². The van der Waals surface area contributed by atoms with E-state index in [9.17, 15) is 4.79 Å². The van der Waals surface area contributed by atoms with Gasteiger partial charge in [0.05, 0.1) is 311 Å². The third-order valence-corrected chi connectivity index (χ3v) is 11.2. The number of ketones is 1. The van der Waals surface area contributed by atoms with Crippen LogP contribution in [0.5, 0.6) is 0 Å². The van der Waals surface area contributed by atoms with E-state index in [1.807, 2.05) is 0 Å². The summed E-state index contributed by atoms with van der Waals surface area (Å²) in [5.74, 6) is 0.121. The third-order valence-electron chi connectivity index (χ3n) is 11.2. The lowest BCUT2D eigenvalue weighted by molar-refractivity contribution is -0.118. The summed E-state index contributed by atoms with van der Waals surface area (Å²) in [5, 5.41) is 0. The molecule has 0 unspecified atom stereocenters. The fraction of sp³-hybridized carbons (Fsp3) is 0.984. The van der Waals surface area contributed by atoms with Gasteiger partial charge in [0.15, 0.2) is 0 Å². The van der Waals surface area contributed by atoms with E-state index in [1.165, 1.54) is 44.9 Å². The number of hydrogen-bond acceptors (Lipinski definition) is 25. The van der Waals surface area contributed by atoms with Gasteiger partial charge in [0.2, 0.25) is 0 Å². The van der Waals surface area contributed by atoms with Crippen molar-refractivity contribution in [3.8, 4) is 0 Å². The van der Waals surface area contributed by atoms with Gasteiger partial charge in [-0.3, -0.25) is 4.79 Å². The van der Waals surface area contributed by atoms with E-state index < -0.39 is 0 Å². The van der Waals surface area contributed by atoms with Gasteiger partial charge in [-0.2, -0.15) is 0 Å². The number of unbranched alkanes of at least 4 members (excludes halogenated alkanes) is 1. The SMILES string of the molecule is C1CC1.C1CCC1.CCCCOCCOCCOCCOCCOCCOCCOCCOCCOCCOCCOCCOCCOCCOCCOCCOCCOCCOCCOCCOCCOCCOCCOCCOCCC(C)=O. The van der Waals surface area contributed by atoms with Gasteiger partial charge >= 0.3 is 0 Å². The Morgan fingerprint density at radius 3 is 0.384 bits per heavy atom. The lowest BCUT2D eigenvalue weighted by Crippen LogP contribution is -2.16. The molecular weight excluding hydrogens is 1130 g/mol. The molecule has 0 radical (unpaired) electrons. The Morgan fingerprint density at radius 1 is 0.186 bits per heavy atom. The summed E-state index contributed by atoms with van der Waals surface area (Å²) in [6, 6.07) is 0. The van der Waals surface area contributed by atoms with E-state index >= 15 is 0 Å². The number of hydrogen-bond donors (Lipinski definition) is 0. The fourth-order valence-electron chi connectivity index (χ4n) is 5.87. The van der Waals surface area contributed by atoms with E-state index in [2.05, 4.69) is 6.92 Å². The Morgan fingerprint density at radius 2 is 0.291 bits per heavy atom. The highest BCUT2D eigenvalue weighted by molar-refractivity contribution is 5.75. The molecule has 0 aromatic carbocycles. The van der Waals surface area contributed by atoms with Crippen LogP contribution in [0.1, 0.15) is 78.1 Å². The van der Waals surface area contributed by atoms with E-state index in [1.54, 1.807) is 6.92 Å². The summed E-state index contributed by atoms with van der Waals surface area (Å²) in [6.07, 6.45) is 13.2. The van der Waals surface area contributed by atoms with Gasteiger partial charge in [-0.25, -0.2) is 0 Å².